The molecule has 1 nitrogen and oxygen atoms in total. The number of hydrogen-bond donors (Lipinski definition) is 0. The van der Waals surface area contributed by atoms with E-state index >= 15 is 0 Å². The van der Waals surface area contributed by atoms with Crippen LogP contribution in [-0.4, -0.2) is 5.78 Å². The Labute approximate surface area is 96.2 Å². The van der Waals surface area contributed by atoms with Crippen LogP contribution in [0.25, 0.3) is 0 Å². The molecule has 1 saturated carbocycles. The van der Waals surface area contributed by atoms with E-state index < -0.39 is 0 Å². The van der Waals surface area contributed by atoms with Gasteiger partial charge in [0.15, 0.2) is 0 Å². The predicted octanol–water partition coefficient (Wildman–Crippen LogP) is 4.11. The maximum absolute atomic E-state index is 11.0. The van der Waals surface area contributed by atoms with Crippen LogP contribution in [0.5, 0.6) is 0 Å². The summed E-state index contributed by atoms with van der Waals surface area (Å²) in [4.78, 5) is 11.0. The van der Waals surface area contributed by atoms with Crippen molar-refractivity contribution in [2.24, 2.45) is 5.92 Å². The quantitative estimate of drug-likeness (QED) is 0.511. The molecule has 0 aliphatic heterocycles. The van der Waals surface area contributed by atoms with Crippen molar-refractivity contribution in [2.45, 2.75) is 46.5 Å². The third-order valence-corrected chi connectivity index (χ3v) is 2.83. The van der Waals surface area contributed by atoms with Crippen molar-refractivity contribution in [1.82, 2.24) is 0 Å². The molecule has 1 unspecified atom stereocenters. The van der Waals surface area contributed by atoms with Gasteiger partial charge in [-0.2, -0.15) is 0 Å². The summed E-state index contributed by atoms with van der Waals surface area (Å²) in [6, 6.07) is 0. The highest BCUT2D eigenvalue weighted by Crippen LogP contribution is 2.28. The van der Waals surface area contributed by atoms with Crippen molar-refractivity contribution >= 4 is 15.0 Å². The first-order chi connectivity index (χ1) is 7.27. The highest BCUT2D eigenvalue weighted by molar-refractivity contribution is 7.20. The van der Waals surface area contributed by atoms with E-state index in [4.69, 9.17) is 0 Å². The highest BCUT2D eigenvalue weighted by Gasteiger charge is 2.19. The van der Waals surface area contributed by atoms with Crippen molar-refractivity contribution in [3.8, 4) is 0 Å². The van der Waals surface area contributed by atoms with E-state index in [-0.39, 0.29) is 0 Å². The van der Waals surface area contributed by atoms with E-state index in [0.29, 0.717) is 11.7 Å². The molecule has 0 radical (unpaired) electrons. The summed E-state index contributed by atoms with van der Waals surface area (Å²) in [5, 5.41) is 0. The fourth-order valence-corrected chi connectivity index (χ4v) is 2.07. The van der Waals surface area contributed by atoms with Crippen LogP contribution in [-0.2, 0) is 4.79 Å². The van der Waals surface area contributed by atoms with Crippen LogP contribution in [0, 0.1) is 5.92 Å². The molecule has 1 aliphatic carbocycles. The fourth-order valence-electron chi connectivity index (χ4n) is 1.85. The van der Waals surface area contributed by atoms with Gasteiger partial charge in [-0.3, -0.25) is 4.79 Å². The number of carbonyl (C=O) groups is 1. The molecule has 0 aromatic rings. The lowest BCUT2D eigenvalue weighted by Gasteiger charge is -2.21. The zero-order valence-electron chi connectivity index (χ0n) is 10.1. The number of allylic oxidation sites excluding steroid dienone is 3. The molecule has 0 heterocycles. The van der Waals surface area contributed by atoms with Crippen molar-refractivity contribution in [1.29, 1.82) is 0 Å². The second-order valence-corrected chi connectivity index (χ2v) is 3.85. The minimum Gasteiger partial charge on any atom is -0.300 e. The van der Waals surface area contributed by atoms with Crippen LogP contribution in [0.2, 0.25) is 0 Å². The van der Waals surface area contributed by atoms with Crippen LogP contribution in [0.1, 0.15) is 46.5 Å². The fraction of sp³-hybridized carbons (Fsp3) is 0.615. The number of hydrogen-bond acceptors (Lipinski definition) is 1. The third kappa shape index (κ3) is 5.28. The monoisotopic (exact) mass is 226 g/mol. The summed E-state index contributed by atoms with van der Waals surface area (Å²) in [7, 11) is 2.59. The van der Waals surface area contributed by atoms with Gasteiger partial charge in [-0.1, -0.05) is 31.8 Å². The molecule has 0 N–H and O–H groups in total. The minimum absolute atomic E-state index is 0.432. The summed E-state index contributed by atoms with van der Waals surface area (Å²) in [5.74, 6) is 3.03. The van der Waals surface area contributed by atoms with Gasteiger partial charge < -0.3 is 0 Å². The summed E-state index contributed by atoms with van der Waals surface area (Å²) >= 11 is 0. The molecule has 2 heteroatoms. The van der Waals surface area contributed by atoms with Gasteiger partial charge >= 0.3 is 0 Å². The van der Waals surface area contributed by atoms with Crippen molar-refractivity contribution in [2.75, 3.05) is 0 Å². The van der Waals surface area contributed by atoms with Gasteiger partial charge in [0.1, 0.15) is 5.78 Å². The molecule has 1 rings (SSSR count). The molecular formula is C13H23OP. The average molecular weight is 226 g/mol. The Hall–Kier alpha value is -0.420. The van der Waals surface area contributed by atoms with Crippen molar-refractivity contribution in [3.63, 3.8) is 0 Å². The molecule has 1 atom stereocenters. The first-order valence-corrected chi connectivity index (χ1v) is 6.50. The summed E-state index contributed by atoms with van der Waals surface area (Å²) in [5.41, 5.74) is 1.38. The van der Waals surface area contributed by atoms with Crippen molar-refractivity contribution < 1.29 is 4.79 Å². The van der Waals surface area contributed by atoms with E-state index in [2.05, 4.69) is 28.3 Å². The van der Waals surface area contributed by atoms with Gasteiger partial charge in [-0.15, -0.1) is 9.24 Å². The number of carbonyl (C=O) groups excluding carboxylic acids is 1. The van der Waals surface area contributed by atoms with Gasteiger partial charge in [0, 0.05) is 12.8 Å². The van der Waals surface area contributed by atoms with Gasteiger partial charge in [-0.05, 0) is 31.3 Å². The molecule has 0 spiro atoms. The molecular weight excluding hydrogens is 203 g/mol. The third-order valence-electron chi connectivity index (χ3n) is 2.64. The Balaban J connectivity index is 0.000000921. The Morgan fingerprint density at radius 3 is 2.27 bits per heavy atom. The van der Waals surface area contributed by atoms with E-state index in [9.17, 15) is 4.79 Å². The Morgan fingerprint density at radius 2 is 1.87 bits per heavy atom. The largest absolute Gasteiger partial charge is 0.300 e. The highest BCUT2D eigenvalue weighted by atomic mass is 31.0. The van der Waals surface area contributed by atoms with E-state index in [1.54, 1.807) is 0 Å². The lowest BCUT2D eigenvalue weighted by atomic mass is 9.83. The number of Topliss-reactive ketones (excluding diaryl/α,β-unsaturated/α-hetero) is 1. The SMILES string of the molecule is C/C=C(\C=C/P)C1CCC(=O)CC1.CC. The van der Waals surface area contributed by atoms with E-state index in [1.807, 2.05) is 19.7 Å². The summed E-state index contributed by atoms with van der Waals surface area (Å²) < 4.78 is 0. The molecule has 0 aromatic carbocycles. The van der Waals surface area contributed by atoms with Crippen LogP contribution in [0.15, 0.2) is 23.5 Å². The molecule has 0 saturated heterocycles. The van der Waals surface area contributed by atoms with Crippen LogP contribution in [0.3, 0.4) is 0 Å². The second kappa shape index (κ2) is 8.85. The van der Waals surface area contributed by atoms with Crippen LogP contribution in [0.4, 0.5) is 0 Å². The van der Waals surface area contributed by atoms with E-state index in [0.717, 1.165) is 25.7 Å². The zero-order chi connectivity index (χ0) is 11.7. The Kier molecular flexibility index (Phi) is 8.61. The number of ketones is 1. The topological polar surface area (TPSA) is 17.1 Å². The zero-order valence-corrected chi connectivity index (χ0v) is 11.3. The maximum Gasteiger partial charge on any atom is 0.132 e. The first-order valence-electron chi connectivity index (χ1n) is 5.84. The lowest BCUT2D eigenvalue weighted by Crippen LogP contribution is -2.14. The molecule has 86 valence electrons. The molecule has 0 aromatic heterocycles. The van der Waals surface area contributed by atoms with Gasteiger partial charge in [-0.25, -0.2) is 0 Å². The second-order valence-electron chi connectivity index (χ2n) is 3.46. The maximum atomic E-state index is 11.0. The van der Waals surface area contributed by atoms with Gasteiger partial charge in [0.05, 0.1) is 0 Å². The van der Waals surface area contributed by atoms with Crippen LogP contribution < -0.4 is 0 Å². The van der Waals surface area contributed by atoms with Gasteiger partial charge in [0.2, 0.25) is 0 Å². The molecule has 0 bridgehead atoms. The summed E-state index contributed by atoms with van der Waals surface area (Å²) in [6.07, 6.45) is 7.90. The standard InChI is InChI=1S/C11H17OP.C2H6/c1-2-9(7-8-13)10-3-5-11(12)6-4-10;1-2/h2,7-8,10H,3-6,13H2,1H3;1-2H3/b8-7-,9-2+;. The predicted molar refractivity (Wildman–Crippen MR) is 70.9 cm³/mol. The normalized spacial score (nSPS) is 18.9. The smallest absolute Gasteiger partial charge is 0.132 e. The Bertz CT molecular complexity index is 231. The Morgan fingerprint density at radius 1 is 1.33 bits per heavy atom. The molecule has 1 fully saturated rings. The van der Waals surface area contributed by atoms with Gasteiger partial charge in [0.25, 0.3) is 0 Å². The van der Waals surface area contributed by atoms with Crippen molar-refractivity contribution in [3.05, 3.63) is 23.5 Å². The molecule has 1 aliphatic rings. The van der Waals surface area contributed by atoms with Crippen LogP contribution >= 0.6 is 9.24 Å². The molecule has 15 heavy (non-hydrogen) atoms. The minimum atomic E-state index is 0.432. The first kappa shape index (κ1) is 14.6. The lowest BCUT2D eigenvalue weighted by molar-refractivity contribution is -0.120. The average Bonchev–Trinajstić information content (AvgIpc) is 2.30. The molecule has 0 amide bonds. The number of rotatable bonds is 2. The van der Waals surface area contributed by atoms with E-state index in [1.165, 1.54) is 5.57 Å². The summed E-state index contributed by atoms with van der Waals surface area (Å²) in [6.45, 7) is 6.07.